The van der Waals surface area contributed by atoms with Crippen molar-refractivity contribution in [2.75, 3.05) is 25.0 Å². The van der Waals surface area contributed by atoms with Gasteiger partial charge in [0.2, 0.25) is 10.0 Å². The first-order valence-electron chi connectivity index (χ1n) is 7.46. The SMILES string of the molecule is CCNc1ccncc1S(=O)(=O)N1CCOC2CCCC21. The number of anilines is 1. The molecule has 1 aliphatic carbocycles. The lowest BCUT2D eigenvalue weighted by Gasteiger charge is -2.36. The van der Waals surface area contributed by atoms with Gasteiger partial charge < -0.3 is 10.1 Å². The Morgan fingerprint density at radius 3 is 3.14 bits per heavy atom. The Hall–Kier alpha value is -1.18. The molecule has 0 amide bonds. The van der Waals surface area contributed by atoms with Gasteiger partial charge in [-0.15, -0.1) is 0 Å². The monoisotopic (exact) mass is 311 g/mol. The molecule has 0 radical (unpaired) electrons. The molecule has 2 aliphatic rings. The van der Waals surface area contributed by atoms with Gasteiger partial charge in [-0.2, -0.15) is 4.31 Å². The van der Waals surface area contributed by atoms with Crippen molar-refractivity contribution in [2.24, 2.45) is 0 Å². The maximum absolute atomic E-state index is 13.0. The number of rotatable bonds is 4. The van der Waals surface area contributed by atoms with Gasteiger partial charge in [0.05, 0.1) is 24.4 Å². The molecular weight excluding hydrogens is 290 g/mol. The number of aromatic nitrogens is 1. The predicted octanol–water partition coefficient (Wildman–Crippen LogP) is 1.46. The highest BCUT2D eigenvalue weighted by Gasteiger charge is 2.42. The predicted molar refractivity (Wildman–Crippen MR) is 79.7 cm³/mol. The van der Waals surface area contributed by atoms with Crippen LogP contribution in [0.1, 0.15) is 26.2 Å². The summed E-state index contributed by atoms with van der Waals surface area (Å²) in [5.41, 5.74) is 0.619. The number of nitrogens with zero attached hydrogens (tertiary/aromatic N) is 2. The molecule has 21 heavy (non-hydrogen) atoms. The van der Waals surface area contributed by atoms with E-state index in [1.165, 1.54) is 6.20 Å². The van der Waals surface area contributed by atoms with Gasteiger partial charge in [-0.05, 0) is 32.3 Å². The number of sulfonamides is 1. The highest BCUT2D eigenvalue weighted by Crippen LogP contribution is 2.34. The van der Waals surface area contributed by atoms with Crippen LogP contribution in [0.2, 0.25) is 0 Å². The topological polar surface area (TPSA) is 71.5 Å². The fourth-order valence-electron chi connectivity index (χ4n) is 3.24. The van der Waals surface area contributed by atoms with Gasteiger partial charge in [0.25, 0.3) is 0 Å². The molecule has 7 heteroatoms. The summed E-state index contributed by atoms with van der Waals surface area (Å²) in [7, 11) is -3.54. The molecule has 2 fully saturated rings. The second kappa shape index (κ2) is 5.90. The molecule has 1 aromatic heterocycles. The zero-order valence-electron chi connectivity index (χ0n) is 12.2. The zero-order chi connectivity index (χ0) is 14.9. The highest BCUT2D eigenvalue weighted by molar-refractivity contribution is 7.89. The van der Waals surface area contributed by atoms with Crippen LogP contribution in [-0.2, 0) is 14.8 Å². The molecule has 1 N–H and O–H groups in total. The number of ether oxygens (including phenoxy) is 1. The third-order valence-electron chi connectivity index (χ3n) is 4.17. The molecule has 1 aromatic rings. The molecule has 3 rings (SSSR count). The Morgan fingerprint density at radius 1 is 1.48 bits per heavy atom. The Kier molecular flexibility index (Phi) is 4.14. The molecule has 0 bridgehead atoms. The van der Waals surface area contributed by atoms with Crippen molar-refractivity contribution >= 4 is 15.7 Å². The summed E-state index contributed by atoms with van der Waals surface area (Å²) >= 11 is 0. The summed E-state index contributed by atoms with van der Waals surface area (Å²) < 4.78 is 33.4. The van der Waals surface area contributed by atoms with E-state index in [1.807, 2.05) is 6.92 Å². The minimum Gasteiger partial charge on any atom is -0.384 e. The summed E-state index contributed by atoms with van der Waals surface area (Å²) in [5.74, 6) is 0. The van der Waals surface area contributed by atoms with Gasteiger partial charge in [0, 0.05) is 25.5 Å². The lowest BCUT2D eigenvalue weighted by molar-refractivity contribution is -0.0241. The maximum Gasteiger partial charge on any atom is 0.247 e. The van der Waals surface area contributed by atoms with E-state index in [4.69, 9.17) is 4.74 Å². The van der Waals surface area contributed by atoms with E-state index in [9.17, 15) is 8.42 Å². The molecule has 6 nitrogen and oxygen atoms in total. The van der Waals surface area contributed by atoms with Crippen LogP contribution >= 0.6 is 0 Å². The first kappa shape index (κ1) is 14.7. The smallest absolute Gasteiger partial charge is 0.247 e. The fraction of sp³-hybridized carbons (Fsp3) is 0.643. The molecule has 116 valence electrons. The summed E-state index contributed by atoms with van der Waals surface area (Å²) in [6.45, 7) is 3.50. The number of fused-ring (bicyclic) bond motifs is 1. The van der Waals surface area contributed by atoms with Crippen molar-refractivity contribution < 1.29 is 13.2 Å². The van der Waals surface area contributed by atoms with Gasteiger partial charge in [-0.3, -0.25) is 4.98 Å². The number of hydrogen-bond donors (Lipinski definition) is 1. The molecule has 1 saturated carbocycles. The van der Waals surface area contributed by atoms with E-state index in [0.717, 1.165) is 19.3 Å². The minimum atomic E-state index is -3.54. The van der Waals surface area contributed by atoms with Crippen LogP contribution in [0.3, 0.4) is 0 Å². The first-order chi connectivity index (χ1) is 10.1. The maximum atomic E-state index is 13.0. The van der Waals surface area contributed by atoms with Crippen LogP contribution < -0.4 is 5.32 Å². The Balaban J connectivity index is 1.96. The summed E-state index contributed by atoms with van der Waals surface area (Å²) in [6.07, 6.45) is 5.94. The van der Waals surface area contributed by atoms with E-state index in [1.54, 1.807) is 16.6 Å². The van der Waals surface area contributed by atoms with Crippen molar-refractivity contribution in [3.05, 3.63) is 18.5 Å². The van der Waals surface area contributed by atoms with Crippen LogP contribution in [0.4, 0.5) is 5.69 Å². The number of hydrogen-bond acceptors (Lipinski definition) is 5. The van der Waals surface area contributed by atoms with Crippen LogP contribution in [0.5, 0.6) is 0 Å². The van der Waals surface area contributed by atoms with Crippen LogP contribution in [0.25, 0.3) is 0 Å². The van der Waals surface area contributed by atoms with Crippen molar-refractivity contribution in [3.63, 3.8) is 0 Å². The highest BCUT2D eigenvalue weighted by atomic mass is 32.2. The number of pyridine rings is 1. The van der Waals surface area contributed by atoms with Crippen molar-refractivity contribution in [1.29, 1.82) is 0 Å². The fourth-order valence-corrected chi connectivity index (χ4v) is 5.01. The largest absolute Gasteiger partial charge is 0.384 e. The summed E-state index contributed by atoms with van der Waals surface area (Å²) in [5, 5.41) is 3.10. The number of morpholine rings is 1. The van der Waals surface area contributed by atoms with Gasteiger partial charge >= 0.3 is 0 Å². The molecule has 0 spiro atoms. The first-order valence-corrected chi connectivity index (χ1v) is 8.90. The third kappa shape index (κ3) is 2.65. The summed E-state index contributed by atoms with van der Waals surface area (Å²) in [4.78, 5) is 4.26. The average molecular weight is 311 g/mol. The van der Waals surface area contributed by atoms with Crippen LogP contribution in [0.15, 0.2) is 23.4 Å². The average Bonchev–Trinajstić information content (AvgIpc) is 2.96. The van der Waals surface area contributed by atoms with Crippen LogP contribution in [0, 0.1) is 0 Å². The van der Waals surface area contributed by atoms with Crippen molar-refractivity contribution in [2.45, 2.75) is 43.2 Å². The van der Waals surface area contributed by atoms with E-state index < -0.39 is 10.0 Å². The van der Waals surface area contributed by atoms with Gasteiger partial charge in [-0.25, -0.2) is 8.42 Å². The lowest BCUT2D eigenvalue weighted by atomic mass is 10.2. The van der Waals surface area contributed by atoms with Gasteiger partial charge in [-0.1, -0.05) is 0 Å². The van der Waals surface area contributed by atoms with E-state index in [-0.39, 0.29) is 17.0 Å². The van der Waals surface area contributed by atoms with E-state index in [0.29, 0.717) is 25.4 Å². The standard InChI is InChI=1S/C14H21N3O3S/c1-2-16-11-6-7-15-10-14(11)21(18,19)17-8-9-20-13-5-3-4-12(13)17/h6-7,10,12-13H,2-5,8-9H2,1H3,(H,15,16). The molecular formula is C14H21N3O3S. The Bertz CT molecular complexity index is 605. The molecule has 2 heterocycles. The van der Waals surface area contributed by atoms with Crippen LogP contribution in [-0.4, -0.2) is 49.5 Å². The van der Waals surface area contributed by atoms with E-state index in [2.05, 4.69) is 10.3 Å². The number of nitrogens with one attached hydrogen (secondary N) is 1. The molecule has 2 atom stereocenters. The molecule has 0 aromatic carbocycles. The van der Waals surface area contributed by atoms with Crippen molar-refractivity contribution in [3.8, 4) is 0 Å². The molecule has 2 unspecified atom stereocenters. The van der Waals surface area contributed by atoms with Gasteiger partial charge in [0.15, 0.2) is 0 Å². The minimum absolute atomic E-state index is 0.0292. The third-order valence-corrected chi connectivity index (χ3v) is 6.12. The Labute approximate surface area is 125 Å². The van der Waals surface area contributed by atoms with E-state index >= 15 is 0 Å². The normalized spacial score (nSPS) is 26.5. The second-order valence-corrected chi connectivity index (χ2v) is 7.28. The molecule has 1 aliphatic heterocycles. The zero-order valence-corrected chi connectivity index (χ0v) is 13.0. The van der Waals surface area contributed by atoms with Gasteiger partial charge in [0.1, 0.15) is 4.90 Å². The second-order valence-electron chi connectivity index (χ2n) is 5.43. The quantitative estimate of drug-likeness (QED) is 0.911. The molecule has 1 saturated heterocycles. The lowest BCUT2D eigenvalue weighted by Crippen LogP contribution is -2.51. The summed E-state index contributed by atoms with van der Waals surface area (Å²) in [6, 6.07) is 1.68. The van der Waals surface area contributed by atoms with Crippen molar-refractivity contribution in [1.82, 2.24) is 9.29 Å². The Morgan fingerprint density at radius 2 is 2.33 bits per heavy atom.